The highest BCUT2D eigenvalue weighted by atomic mass is 32.2. The maximum absolute atomic E-state index is 11.5. The lowest BCUT2D eigenvalue weighted by molar-refractivity contribution is -0.116. The van der Waals surface area contributed by atoms with Gasteiger partial charge in [0.1, 0.15) is 0 Å². The van der Waals surface area contributed by atoms with Gasteiger partial charge in [0.15, 0.2) is 15.9 Å². The number of nitriles is 1. The Labute approximate surface area is 100.0 Å². The molecule has 0 saturated carbocycles. The summed E-state index contributed by atoms with van der Waals surface area (Å²) in [6.07, 6.45) is 0. The van der Waals surface area contributed by atoms with E-state index in [1.54, 1.807) is 19.1 Å². The van der Waals surface area contributed by atoms with Gasteiger partial charge < -0.3 is 5.32 Å². The van der Waals surface area contributed by atoms with Gasteiger partial charge in [0.2, 0.25) is 0 Å². The molecule has 0 fully saturated rings. The number of nitrogens with one attached hydrogen (secondary N) is 1. The largest absolute Gasteiger partial charge is 0.339 e. The van der Waals surface area contributed by atoms with Gasteiger partial charge in [-0.1, -0.05) is 19.1 Å². The van der Waals surface area contributed by atoms with Crippen LogP contribution in [0.25, 0.3) is 0 Å². The summed E-state index contributed by atoms with van der Waals surface area (Å²) < 4.78 is 23.0. The van der Waals surface area contributed by atoms with Gasteiger partial charge >= 0.3 is 5.91 Å². The molecule has 1 aromatic carbocycles. The predicted molar refractivity (Wildman–Crippen MR) is 61.6 cm³/mol. The van der Waals surface area contributed by atoms with Crippen LogP contribution in [0.1, 0.15) is 12.5 Å². The SMILES string of the molecule is CCS(=O)(=O)c1ccc(CNC(=O)C#N)cc1. The van der Waals surface area contributed by atoms with Gasteiger partial charge in [0.25, 0.3) is 0 Å². The molecule has 6 heteroatoms. The number of hydrogen-bond acceptors (Lipinski definition) is 4. The molecule has 0 aromatic heterocycles. The van der Waals surface area contributed by atoms with Crippen molar-refractivity contribution in [1.29, 1.82) is 5.26 Å². The summed E-state index contributed by atoms with van der Waals surface area (Å²) in [5.41, 5.74) is 0.739. The van der Waals surface area contributed by atoms with E-state index in [9.17, 15) is 13.2 Å². The highest BCUT2D eigenvalue weighted by Gasteiger charge is 2.10. The Bertz CT molecular complexity index is 541. The van der Waals surface area contributed by atoms with Crippen LogP contribution in [0.3, 0.4) is 0 Å². The van der Waals surface area contributed by atoms with Crippen LogP contribution in [0.15, 0.2) is 29.2 Å². The first-order valence-electron chi connectivity index (χ1n) is 4.99. The zero-order chi connectivity index (χ0) is 12.9. The molecule has 0 unspecified atom stereocenters. The van der Waals surface area contributed by atoms with Gasteiger partial charge in [-0.2, -0.15) is 5.26 Å². The molecule has 0 bridgehead atoms. The predicted octanol–water partition coefficient (Wildman–Crippen LogP) is 0.620. The molecule has 0 aliphatic rings. The molecule has 0 aliphatic heterocycles. The first-order chi connectivity index (χ1) is 7.99. The fourth-order valence-electron chi connectivity index (χ4n) is 1.20. The minimum absolute atomic E-state index is 0.0531. The highest BCUT2D eigenvalue weighted by Crippen LogP contribution is 2.12. The van der Waals surface area contributed by atoms with E-state index in [-0.39, 0.29) is 17.2 Å². The normalized spacial score (nSPS) is 10.6. The van der Waals surface area contributed by atoms with Gasteiger partial charge in [0, 0.05) is 6.54 Å². The zero-order valence-corrected chi connectivity index (χ0v) is 10.1. The summed E-state index contributed by atoms with van der Waals surface area (Å²) >= 11 is 0. The average molecular weight is 252 g/mol. The average Bonchev–Trinajstić information content (AvgIpc) is 2.36. The summed E-state index contributed by atoms with van der Waals surface area (Å²) in [4.78, 5) is 10.9. The van der Waals surface area contributed by atoms with Crippen molar-refractivity contribution in [3.63, 3.8) is 0 Å². The Hall–Kier alpha value is -1.87. The quantitative estimate of drug-likeness (QED) is 0.796. The summed E-state index contributed by atoms with van der Waals surface area (Å²) in [5, 5.41) is 10.6. The lowest BCUT2D eigenvalue weighted by Gasteiger charge is -2.04. The molecule has 1 aromatic rings. The molecule has 0 saturated heterocycles. The number of nitrogens with zero attached hydrogens (tertiary/aromatic N) is 1. The molecule has 0 heterocycles. The van der Waals surface area contributed by atoms with Crippen molar-refractivity contribution in [2.24, 2.45) is 0 Å². The third-order valence-corrected chi connectivity index (χ3v) is 3.97. The van der Waals surface area contributed by atoms with E-state index in [1.165, 1.54) is 18.2 Å². The lowest BCUT2D eigenvalue weighted by atomic mass is 10.2. The zero-order valence-electron chi connectivity index (χ0n) is 9.30. The minimum Gasteiger partial charge on any atom is -0.339 e. The molecule has 17 heavy (non-hydrogen) atoms. The Balaban J connectivity index is 2.76. The Kier molecular flexibility index (Phi) is 4.24. The van der Waals surface area contributed by atoms with Crippen LogP contribution in [0.5, 0.6) is 0 Å². The summed E-state index contributed by atoms with van der Waals surface area (Å²) in [6, 6.07) is 7.64. The van der Waals surface area contributed by atoms with Crippen LogP contribution >= 0.6 is 0 Å². The van der Waals surface area contributed by atoms with E-state index in [0.717, 1.165) is 5.56 Å². The van der Waals surface area contributed by atoms with Gasteiger partial charge in [0.05, 0.1) is 10.6 Å². The summed E-state index contributed by atoms with van der Waals surface area (Å²) in [5.74, 6) is -0.660. The standard InChI is InChI=1S/C11H12N2O3S/c1-2-17(15,16)10-5-3-9(4-6-10)8-13-11(14)7-12/h3-6H,2,8H2,1H3,(H,13,14). The fraction of sp³-hybridized carbons (Fsp3) is 0.273. The number of sulfone groups is 1. The Morgan fingerprint density at radius 2 is 1.94 bits per heavy atom. The van der Waals surface area contributed by atoms with Gasteiger partial charge in [-0.05, 0) is 17.7 Å². The van der Waals surface area contributed by atoms with E-state index < -0.39 is 15.7 Å². The second-order valence-electron chi connectivity index (χ2n) is 3.34. The third kappa shape index (κ3) is 3.57. The molecule has 0 spiro atoms. The van der Waals surface area contributed by atoms with E-state index >= 15 is 0 Å². The van der Waals surface area contributed by atoms with E-state index in [0.29, 0.717) is 0 Å². The lowest BCUT2D eigenvalue weighted by Crippen LogP contribution is -2.20. The monoisotopic (exact) mass is 252 g/mol. The van der Waals surface area contributed by atoms with E-state index in [4.69, 9.17) is 5.26 Å². The summed E-state index contributed by atoms with van der Waals surface area (Å²) in [6.45, 7) is 1.79. The minimum atomic E-state index is -3.19. The number of rotatable bonds is 4. The topological polar surface area (TPSA) is 87.0 Å². The molecule has 0 radical (unpaired) electrons. The molecule has 1 N–H and O–H groups in total. The van der Waals surface area contributed by atoms with Crippen molar-refractivity contribution >= 4 is 15.7 Å². The molecule has 1 amide bonds. The van der Waals surface area contributed by atoms with Gasteiger partial charge in [-0.3, -0.25) is 4.79 Å². The van der Waals surface area contributed by atoms with E-state index in [2.05, 4.69) is 5.32 Å². The van der Waals surface area contributed by atoms with E-state index in [1.807, 2.05) is 0 Å². The van der Waals surface area contributed by atoms with Gasteiger partial charge in [-0.25, -0.2) is 8.42 Å². The van der Waals surface area contributed by atoms with Gasteiger partial charge in [-0.15, -0.1) is 0 Å². The molecular weight excluding hydrogens is 240 g/mol. The van der Waals surface area contributed by atoms with Crippen molar-refractivity contribution < 1.29 is 13.2 Å². The van der Waals surface area contributed by atoms with Crippen LogP contribution in [0.4, 0.5) is 0 Å². The maximum atomic E-state index is 11.5. The number of benzene rings is 1. The highest BCUT2D eigenvalue weighted by molar-refractivity contribution is 7.91. The first-order valence-corrected chi connectivity index (χ1v) is 6.64. The van der Waals surface area contributed by atoms with Crippen molar-refractivity contribution in [2.45, 2.75) is 18.4 Å². The molecular formula is C11H12N2O3S. The van der Waals surface area contributed by atoms with Crippen LogP contribution in [-0.4, -0.2) is 20.1 Å². The van der Waals surface area contributed by atoms with Crippen molar-refractivity contribution in [2.75, 3.05) is 5.75 Å². The van der Waals surface area contributed by atoms with Crippen molar-refractivity contribution in [1.82, 2.24) is 5.32 Å². The van der Waals surface area contributed by atoms with Crippen molar-refractivity contribution in [3.05, 3.63) is 29.8 Å². The first kappa shape index (κ1) is 13.2. The van der Waals surface area contributed by atoms with Crippen LogP contribution < -0.4 is 5.32 Å². The Morgan fingerprint density at radius 3 is 2.41 bits per heavy atom. The van der Waals surface area contributed by atoms with Crippen LogP contribution in [-0.2, 0) is 21.2 Å². The molecule has 1 rings (SSSR count). The number of hydrogen-bond donors (Lipinski definition) is 1. The maximum Gasteiger partial charge on any atom is 0.322 e. The Morgan fingerprint density at radius 1 is 1.35 bits per heavy atom. The molecule has 5 nitrogen and oxygen atoms in total. The van der Waals surface area contributed by atoms with Crippen LogP contribution in [0.2, 0.25) is 0 Å². The second kappa shape index (κ2) is 5.46. The van der Waals surface area contributed by atoms with Crippen LogP contribution in [0, 0.1) is 11.3 Å². The molecule has 0 aliphatic carbocycles. The second-order valence-corrected chi connectivity index (χ2v) is 5.62. The molecule has 90 valence electrons. The molecule has 0 atom stereocenters. The van der Waals surface area contributed by atoms with Crippen molar-refractivity contribution in [3.8, 4) is 6.07 Å². The fourth-order valence-corrected chi connectivity index (χ4v) is 2.09. The third-order valence-electron chi connectivity index (χ3n) is 2.22. The number of carbonyl (C=O) groups excluding carboxylic acids is 1. The smallest absolute Gasteiger partial charge is 0.322 e. The number of amides is 1. The summed E-state index contributed by atoms with van der Waals surface area (Å²) in [7, 11) is -3.19. The number of carbonyl (C=O) groups is 1.